The van der Waals surface area contributed by atoms with Gasteiger partial charge in [-0.05, 0) is 33.1 Å². The van der Waals surface area contributed by atoms with Crippen LogP contribution in [0.4, 0.5) is 5.00 Å². The molecule has 1 aliphatic rings. The lowest BCUT2D eigenvalue weighted by Crippen LogP contribution is -2.25. The Morgan fingerprint density at radius 2 is 2.20 bits per heavy atom. The smallest absolute Gasteiger partial charge is 0.136 e. The maximum atomic E-state index is 9.55. The average molecular weight is 285 g/mol. The number of thiophene rings is 1. The van der Waals surface area contributed by atoms with Gasteiger partial charge in [0.1, 0.15) is 11.1 Å². The molecule has 0 aromatic carbocycles. The Hall–Kier alpha value is -1.78. The van der Waals surface area contributed by atoms with Crippen molar-refractivity contribution >= 4 is 22.7 Å². The summed E-state index contributed by atoms with van der Waals surface area (Å²) in [6.07, 6.45) is 4.93. The topological polar surface area (TPSA) is 39.4 Å². The van der Waals surface area contributed by atoms with Gasteiger partial charge in [0.05, 0.1) is 17.3 Å². The second-order valence-corrected chi connectivity index (χ2v) is 6.54. The van der Waals surface area contributed by atoms with E-state index in [-0.39, 0.29) is 5.41 Å². The summed E-state index contributed by atoms with van der Waals surface area (Å²) in [4.78, 5) is 7.62. The molecule has 0 N–H and O–H groups in total. The number of nitrogens with zero attached hydrogens (tertiary/aromatic N) is 3. The molecule has 0 radical (unpaired) electrons. The molecule has 0 saturated heterocycles. The van der Waals surface area contributed by atoms with E-state index in [2.05, 4.69) is 29.8 Å². The summed E-state index contributed by atoms with van der Waals surface area (Å²) in [5.74, 6) is 6.34. The lowest BCUT2D eigenvalue weighted by molar-refractivity contribution is 0.502. The molecule has 1 aromatic heterocycles. The second kappa shape index (κ2) is 5.69. The third-order valence-corrected chi connectivity index (χ3v) is 4.67. The summed E-state index contributed by atoms with van der Waals surface area (Å²) in [5.41, 5.74) is 1.64. The molecule has 3 nitrogen and oxygen atoms in total. The minimum Gasteiger partial charge on any atom is -0.369 e. The summed E-state index contributed by atoms with van der Waals surface area (Å²) in [5, 5.41) is 10.4. The van der Waals surface area contributed by atoms with E-state index in [0.717, 1.165) is 29.8 Å². The largest absolute Gasteiger partial charge is 0.369 e. The van der Waals surface area contributed by atoms with E-state index in [4.69, 9.17) is 0 Å². The minimum absolute atomic E-state index is 0.199. The maximum absolute atomic E-state index is 9.55. The summed E-state index contributed by atoms with van der Waals surface area (Å²) < 4.78 is 0. The van der Waals surface area contributed by atoms with Gasteiger partial charge >= 0.3 is 0 Å². The van der Waals surface area contributed by atoms with Crippen molar-refractivity contribution in [3.8, 4) is 17.9 Å². The first-order valence-electron chi connectivity index (χ1n) is 6.72. The monoisotopic (exact) mass is 285 g/mol. The van der Waals surface area contributed by atoms with Crippen LogP contribution in [0.2, 0.25) is 0 Å². The Labute approximate surface area is 124 Å². The van der Waals surface area contributed by atoms with Crippen molar-refractivity contribution in [2.45, 2.75) is 38.5 Å². The van der Waals surface area contributed by atoms with Crippen LogP contribution in [0.1, 0.15) is 42.7 Å². The highest BCUT2D eigenvalue weighted by Crippen LogP contribution is 2.47. The SMILES string of the molecule is CC#C[C@@]1(C)CCCc2sc(/N=C/N(C)C)c(C#N)c21. The van der Waals surface area contributed by atoms with E-state index in [1.807, 2.05) is 25.9 Å². The molecule has 1 atom stereocenters. The molecule has 2 rings (SSSR count). The van der Waals surface area contributed by atoms with Crippen LogP contribution in [0.5, 0.6) is 0 Å². The van der Waals surface area contributed by atoms with Crippen LogP contribution < -0.4 is 0 Å². The first kappa shape index (κ1) is 14.6. The Morgan fingerprint density at radius 1 is 1.45 bits per heavy atom. The molecule has 104 valence electrons. The van der Waals surface area contributed by atoms with Crippen LogP contribution in [-0.2, 0) is 11.8 Å². The summed E-state index contributed by atoms with van der Waals surface area (Å²) in [6.45, 7) is 4.01. The fourth-order valence-electron chi connectivity index (χ4n) is 2.72. The van der Waals surface area contributed by atoms with Crippen molar-refractivity contribution in [3.05, 3.63) is 16.0 Å². The Kier molecular flexibility index (Phi) is 4.16. The van der Waals surface area contributed by atoms with E-state index in [1.165, 1.54) is 4.88 Å². The first-order chi connectivity index (χ1) is 9.51. The minimum atomic E-state index is -0.199. The van der Waals surface area contributed by atoms with E-state index in [9.17, 15) is 5.26 Å². The van der Waals surface area contributed by atoms with Crippen molar-refractivity contribution in [1.82, 2.24) is 4.90 Å². The number of aryl methyl sites for hydroxylation is 1. The average Bonchev–Trinajstić information content (AvgIpc) is 2.76. The molecule has 1 aliphatic carbocycles. The standard InChI is InChI=1S/C16H19N3S/c1-5-8-16(2)9-6-7-13-14(16)12(10-17)15(20-13)18-11-19(3)4/h11H,6-7,9H2,1-4H3/b18-11+/t16-/m0/s1. The quantitative estimate of drug-likeness (QED) is 0.474. The van der Waals surface area contributed by atoms with E-state index < -0.39 is 0 Å². The lowest BCUT2D eigenvalue weighted by atomic mass is 9.73. The zero-order valence-corrected chi connectivity index (χ0v) is 13.3. The lowest BCUT2D eigenvalue weighted by Gasteiger charge is -2.29. The van der Waals surface area contributed by atoms with Gasteiger partial charge in [0, 0.05) is 24.5 Å². The number of aliphatic imine (C=N–C) groups is 1. The molecule has 0 bridgehead atoms. The molecule has 4 heteroatoms. The molecule has 1 heterocycles. The summed E-state index contributed by atoms with van der Waals surface area (Å²) in [6, 6.07) is 2.35. The van der Waals surface area contributed by atoms with Crippen molar-refractivity contribution in [2.24, 2.45) is 4.99 Å². The van der Waals surface area contributed by atoms with Crippen LogP contribution >= 0.6 is 11.3 Å². The highest BCUT2D eigenvalue weighted by Gasteiger charge is 2.36. The maximum Gasteiger partial charge on any atom is 0.136 e. The zero-order chi connectivity index (χ0) is 14.8. The van der Waals surface area contributed by atoms with E-state index in [1.54, 1.807) is 17.7 Å². The number of fused-ring (bicyclic) bond motifs is 1. The first-order valence-corrected chi connectivity index (χ1v) is 7.54. The van der Waals surface area contributed by atoms with Crippen molar-refractivity contribution in [1.29, 1.82) is 5.26 Å². The molecule has 0 saturated carbocycles. The predicted octanol–water partition coefficient (Wildman–Crippen LogP) is 3.46. The molecule has 0 fully saturated rings. The third-order valence-electron chi connectivity index (χ3n) is 3.51. The fraction of sp³-hybridized carbons (Fsp3) is 0.500. The van der Waals surface area contributed by atoms with Crippen LogP contribution in [0.15, 0.2) is 4.99 Å². The van der Waals surface area contributed by atoms with Gasteiger partial charge in [-0.1, -0.05) is 5.92 Å². The van der Waals surface area contributed by atoms with E-state index >= 15 is 0 Å². The molecule has 0 aliphatic heterocycles. The van der Waals surface area contributed by atoms with Gasteiger partial charge in [0.2, 0.25) is 0 Å². The Balaban J connectivity index is 2.59. The van der Waals surface area contributed by atoms with E-state index in [0.29, 0.717) is 5.56 Å². The van der Waals surface area contributed by atoms with Crippen molar-refractivity contribution < 1.29 is 0 Å². The summed E-state index contributed by atoms with van der Waals surface area (Å²) >= 11 is 1.64. The molecule has 0 spiro atoms. The van der Waals surface area contributed by atoms with Gasteiger partial charge in [0.25, 0.3) is 0 Å². The predicted molar refractivity (Wildman–Crippen MR) is 84.6 cm³/mol. The normalized spacial score (nSPS) is 20.9. The Bertz CT molecular complexity index is 637. The number of hydrogen-bond acceptors (Lipinski definition) is 3. The van der Waals surface area contributed by atoms with Gasteiger partial charge in [0.15, 0.2) is 0 Å². The van der Waals surface area contributed by atoms with Crippen LogP contribution in [0.25, 0.3) is 0 Å². The number of hydrogen-bond donors (Lipinski definition) is 0. The van der Waals surface area contributed by atoms with Crippen molar-refractivity contribution in [3.63, 3.8) is 0 Å². The van der Waals surface area contributed by atoms with Gasteiger partial charge < -0.3 is 4.90 Å². The zero-order valence-electron chi connectivity index (χ0n) is 12.4. The summed E-state index contributed by atoms with van der Waals surface area (Å²) in [7, 11) is 3.85. The van der Waals surface area contributed by atoms with Crippen LogP contribution in [0, 0.1) is 23.2 Å². The van der Waals surface area contributed by atoms with Gasteiger partial charge in [-0.2, -0.15) is 5.26 Å². The van der Waals surface area contributed by atoms with Crippen LogP contribution in [-0.4, -0.2) is 25.3 Å². The number of nitriles is 1. The number of rotatable bonds is 2. The molecule has 20 heavy (non-hydrogen) atoms. The Morgan fingerprint density at radius 3 is 2.80 bits per heavy atom. The van der Waals surface area contributed by atoms with Gasteiger partial charge in [-0.3, -0.25) is 0 Å². The fourth-order valence-corrected chi connectivity index (χ4v) is 3.97. The second-order valence-electron chi connectivity index (χ2n) is 5.46. The molecular weight excluding hydrogens is 266 g/mol. The molecule has 0 unspecified atom stereocenters. The van der Waals surface area contributed by atoms with Gasteiger partial charge in [-0.25, -0.2) is 4.99 Å². The van der Waals surface area contributed by atoms with Crippen LogP contribution in [0.3, 0.4) is 0 Å². The highest BCUT2D eigenvalue weighted by atomic mass is 32.1. The highest BCUT2D eigenvalue weighted by molar-refractivity contribution is 7.16. The molecule has 1 aromatic rings. The third kappa shape index (κ3) is 2.57. The van der Waals surface area contributed by atoms with Gasteiger partial charge in [-0.15, -0.1) is 17.3 Å². The van der Waals surface area contributed by atoms with Crippen molar-refractivity contribution in [2.75, 3.05) is 14.1 Å². The molecular formula is C16H19N3S. The molecule has 0 amide bonds.